The number of quaternary nitrogens is 1. The normalized spacial score (nSPS) is 21.8. The summed E-state index contributed by atoms with van der Waals surface area (Å²) in [6.07, 6.45) is -1.99. The molecule has 0 radical (unpaired) electrons. The Morgan fingerprint density at radius 1 is 1.40 bits per heavy atom. The standard InChI is InChI=1S/C17H20F3N3O2/c1-5-15-14(17(18,19)20)7-6-12(8-21-15)22-23-11(3)10(2)13(9-25-4)16(23)24/h6-7,22H,3,5,8-9H2,1-2,4H3/p+1. The van der Waals surface area contributed by atoms with Crippen molar-refractivity contribution in [3.63, 3.8) is 0 Å². The smallest absolute Gasteiger partial charge is 0.380 e. The predicted molar refractivity (Wildman–Crippen MR) is 87.6 cm³/mol. The maximum absolute atomic E-state index is 13.1. The van der Waals surface area contributed by atoms with E-state index in [9.17, 15) is 18.0 Å². The molecule has 2 aliphatic heterocycles. The molecule has 0 spiro atoms. The molecule has 1 amide bonds. The van der Waals surface area contributed by atoms with Crippen molar-refractivity contribution in [2.45, 2.75) is 26.4 Å². The highest BCUT2D eigenvalue weighted by Crippen LogP contribution is 2.29. The van der Waals surface area contributed by atoms with Gasteiger partial charge in [0, 0.05) is 18.4 Å². The van der Waals surface area contributed by atoms with Gasteiger partial charge in [0.25, 0.3) is 0 Å². The third kappa shape index (κ3) is 3.91. The molecule has 0 aromatic heterocycles. The second kappa shape index (κ2) is 7.37. The molecule has 25 heavy (non-hydrogen) atoms. The lowest BCUT2D eigenvalue weighted by molar-refractivity contribution is -0.815. The highest BCUT2D eigenvalue weighted by Gasteiger charge is 2.39. The number of halogens is 3. The van der Waals surface area contributed by atoms with Crippen molar-refractivity contribution < 1.29 is 27.7 Å². The molecule has 0 aromatic rings. The van der Waals surface area contributed by atoms with E-state index >= 15 is 0 Å². The van der Waals surface area contributed by atoms with Crippen molar-refractivity contribution >= 4 is 11.6 Å². The SMILES string of the molecule is C=C1C(C)=C(COC)C(=O)[NH+]1NC1=CC=C(C(F)(F)F)C(CC)=NC1. The van der Waals surface area contributed by atoms with Crippen molar-refractivity contribution in [1.29, 1.82) is 0 Å². The molecule has 2 aliphatic rings. The van der Waals surface area contributed by atoms with Crippen molar-refractivity contribution in [1.82, 2.24) is 5.43 Å². The quantitative estimate of drug-likeness (QED) is 0.787. The van der Waals surface area contributed by atoms with Crippen LogP contribution in [0.2, 0.25) is 0 Å². The minimum atomic E-state index is -4.47. The number of carbonyl (C=O) groups excluding carboxylic acids is 1. The summed E-state index contributed by atoms with van der Waals surface area (Å²) in [5, 5.41) is 0.257. The van der Waals surface area contributed by atoms with Crippen molar-refractivity contribution in [2.75, 3.05) is 20.3 Å². The molecule has 5 nitrogen and oxygen atoms in total. The lowest BCUT2D eigenvalue weighted by atomic mass is 10.1. The minimum absolute atomic E-state index is 0.00324. The van der Waals surface area contributed by atoms with Crippen LogP contribution in [0.4, 0.5) is 13.2 Å². The topological polar surface area (TPSA) is 55.1 Å². The summed E-state index contributed by atoms with van der Waals surface area (Å²) in [6.45, 7) is 7.46. The highest BCUT2D eigenvalue weighted by molar-refractivity contribution is 6.01. The van der Waals surface area contributed by atoms with E-state index in [1.165, 1.54) is 13.2 Å². The van der Waals surface area contributed by atoms with Gasteiger partial charge in [-0.3, -0.25) is 4.99 Å². The van der Waals surface area contributed by atoms with Crippen LogP contribution < -0.4 is 10.4 Å². The lowest BCUT2D eigenvalue weighted by Gasteiger charge is -2.15. The van der Waals surface area contributed by atoms with Crippen LogP contribution in [0.5, 0.6) is 0 Å². The van der Waals surface area contributed by atoms with E-state index in [4.69, 9.17) is 4.74 Å². The number of nitrogens with one attached hydrogen (secondary N) is 2. The van der Waals surface area contributed by atoms with Gasteiger partial charge in [0.1, 0.15) is 0 Å². The van der Waals surface area contributed by atoms with Crippen molar-refractivity contribution in [2.24, 2.45) is 4.99 Å². The van der Waals surface area contributed by atoms with Crippen LogP contribution >= 0.6 is 0 Å². The van der Waals surface area contributed by atoms with Crippen LogP contribution in [0.1, 0.15) is 20.3 Å². The average Bonchev–Trinajstić information content (AvgIpc) is 2.73. The first-order valence-corrected chi connectivity index (χ1v) is 7.79. The van der Waals surface area contributed by atoms with Crippen LogP contribution in [-0.4, -0.2) is 38.1 Å². The Kier molecular flexibility index (Phi) is 5.64. The number of hydrogen-bond acceptors (Lipinski definition) is 4. The van der Waals surface area contributed by atoms with Gasteiger partial charge in [0.15, 0.2) is 5.70 Å². The molecule has 2 heterocycles. The van der Waals surface area contributed by atoms with E-state index in [1.54, 1.807) is 13.8 Å². The lowest BCUT2D eigenvalue weighted by Crippen LogP contribution is -3.17. The van der Waals surface area contributed by atoms with Gasteiger partial charge in [-0.25, -0.2) is 10.2 Å². The summed E-state index contributed by atoms with van der Waals surface area (Å²) >= 11 is 0. The second-order valence-electron chi connectivity index (χ2n) is 5.73. The molecule has 0 fully saturated rings. The Bertz CT molecular complexity index is 715. The summed E-state index contributed by atoms with van der Waals surface area (Å²) < 4.78 is 44.3. The van der Waals surface area contributed by atoms with Crippen molar-refractivity contribution in [3.8, 4) is 0 Å². The number of amides is 1. The number of aliphatic imine (C=N–C) groups is 1. The first-order chi connectivity index (χ1) is 11.7. The summed E-state index contributed by atoms with van der Waals surface area (Å²) in [6, 6.07) is 0. The number of rotatable bonds is 5. The van der Waals surface area contributed by atoms with E-state index < -0.39 is 11.7 Å². The monoisotopic (exact) mass is 356 g/mol. The molecule has 0 saturated carbocycles. The number of nitrogens with zero attached hydrogens (tertiary/aromatic N) is 1. The van der Waals surface area contributed by atoms with E-state index in [0.717, 1.165) is 6.08 Å². The molecule has 8 heteroatoms. The zero-order valence-corrected chi connectivity index (χ0v) is 14.4. The van der Waals surface area contributed by atoms with E-state index in [-0.39, 0.29) is 36.2 Å². The van der Waals surface area contributed by atoms with E-state index in [2.05, 4.69) is 17.0 Å². The van der Waals surface area contributed by atoms with Gasteiger partial charge in [-0.15, -0.1) is 5.01 Å². The molecular formula is C17H21F3N3O2+. The van der Waals surface area contributed by atoms with Gasteiger partial charge < -0.3 is 4.74 Å². The van der Waals surface area contributed by atoms with Crippen molar-refractivity contribution in [3.05, 3.63) is 46.8 Å². The third-order valence-corrected chi connectivity index (χ3v) is 4.13. The fraction of sp³-hybridized carbons (Fsp3) is 0.412. The fourth-order valence-electron chi connectivity index (χ4n) is 2.68. The number of methoxy groups -OCH3 is 1. The Hall–Kier alpha value is -2.19. The van der Waals surface area contributed by atoms with Gasteiger partial charge in [-0.2, -0.15) is 13.2 Å². The summed E-state index contributed by atoms with van der Waals surface area (Å²) in [4.78, 5) is 16.5. The van der Waals surface area contributed by atoms with E-state index in [0.29, 0.717) is 22.5 Å². The Labute approximate surface area is 144 Å². The van der Waals surface area contributed by atoms with Crippen LogP contribution in [-0.2, 0) is 9.53 Å². The molecule has 0 aromatic carbocycles. The Balaban J connectivity index is 2.24. The summed E-state index contributed by atoms with van der Waals surface area (Å²) in [5.41, 5.74) is 4.27. The molecular weight excluding hydrogens is 335 g/mol. The number of ether oxygens (including phenoxy) is 1. The fourth-order valence-corrected chi connectivity index (χ4v) is 2.68. The van der Waals surface area contributed by atoms with Crippen LogP contribution in [0.3, 0.4) is 0 Å². The first kappa shape index (κ1) is 19.1. The molecule has 0 saturated heterocycles. The zero-order chi connectivity index (χ0) is 18.8. The van der Waals surface area contributed by atoms with Gasteiger partial charge in [0.05, 0.1) is 30.0 Å². The molecule has 2 N–H and O–H groups in total. The van der Waals surface area contributed by atoms with Crippen LogP contribution in [0, 0.1) is 0 Å². The first-order valence-electron chi connectivity index (χ1n) is 7.79. The predicted octanol–water partition coefficient (Wildman–Crippen LogP) is 1.63. The largest absolute Gasteiger partial charge is 0.418 e. The molecule has 2 rings (SSSR count). The number of allylic oxidation sites excluding steroid dienone is 4. The van der Waals surface area contributed by atoms with Crippen LogP contribution in [0.15, 0.2) is 51.8 Å². The highest BCUT2D eigenvalue weighted by atomic mass is 19.4. The Morgan fingerprint density at radius 2 is 2.08 bits per heavy atom. The molecule has 1 unspecified atom stereocenters. The van der Waals surface area contributed by atoms with Crippen LogP contribution in [0.25, 0.3) is 0 Å². The number of carbonyl (C=O) groups is 1. The maximum Gasteiger partial charge on any atom is 0.418 e. The Morgan fingerprint density at radius 3 is 2.64 bits per heavy atom. The van der Waals surface area contributed by atoms with Gasteiger partial charge in [-0.1, -0.05) is 6.92 Å². The van der Waals surface area contributed by atoms with Gasteiger partial charge >= 0.3 is 12.1 Å². The number of hydrogen-bond donors (Lipinski definition) is 2. The molecule has 0 aliphatic carbocycles. The van der Waals surface area contributed by atoms with Gasteiger partial charge in [0.2, 0.25) is 0 Å². The minimum Gasteiger partial charge on any atom is -0.380 e. The second-order valence-corrected chi connectivity index (χ2v) is 5.73. The summed E-state index contributed by atoms with van der Waals surface area (Å²) in [5.74, 6) is -0.255. The zero-order valence-electron chi connectivity index (χ0n) is 14.4. The number of alkyl halides is 3. The molecule has 1 atom stereocenters. The average molecular weight is 356 g/mol. The maximum atomic E-state index is 13.1. The van der Waals surface area contributed by atoms with Gasteiger partial charge in [-0.05, 0) is 32.1 Å². The van der Waals surface area contributed by atoms with E-state index in [1.807, 2.05) is 0 Å². The molecule has 136 valence electrons. The summed E-state index contributed by atoms with van der Waals surface area (Å²) in [7, 11) is 1.49. The third-order valence-electron chi connectivity index (χ3n) is 4.13. The molecule has 0 bridgehead atoms.